The Morgan fingerprint density at radius 3 is 2.27 bits per heavy atom. The van der Waals surface area contributed by atoms with Gasteiger partial charge in [-0.3, -0.25) is 4.79 Å². The van der Waals surface area contributed by atoms with Crippen molar-refractivity contribution in [2.45, 2.75) is 51.7 Å². The molecule has 1 saturated heterocycles. The summed E-state index contributed by atoms with van der Waals surface area (Å²) < 4.78 is 53.2. The van der Waals surface area contributed by atoms with Crippen LogP contribution in [0.4, 0.5) is 0 Å². The Labute approximate surface area is 133 Å². The fourth-order valence-corrected chi connectivity index (χ4v) is 4.88. The Balaban J connectivity index is 2.74. The summed E-state index contributed by atoms with van der Waals surface area (Å²) in [4.78, 5) is 12.1. The van der Waals surface area contributed by atoms with Crippen molar-refractivity contribution < 1.29 is 26.4 Å². The van der Waals surface area contributed by atoms with Crippen LogP contribution >= 0.6 is 0 Å². The van der Waals surface area contributed by atoms with Crippen molar-refractivity contribution in [3.8, 4) is 0 Å². The SMILES string of the molecule is CC(C)(C)OC(=O)C1CCCN1S(=O)(=O)CCCS(C)(=O)=O. The van der Waals surface area contributed by atoms with Crippen LogP contribution in [0, 0.1) is 0 Å². The van der Waals surface area contributed by atoms with Crippen molar-refractivity contribution in [1.29, 1.82) is 0 Å². The molecule has 7 nitrogen and oxygen atoms in total. The highest BCUT2D eigenvalue weighted by Gasteiger charge is 2.40. The van der Waals surface area contributed by atoms with Crippen molar-refractivity contribution in [3.63, 3.8) is 0 Å². The predicted molar refractivity (Wildman–Crippen MR) is 83.7 cm³/mol. The van der Waals surface area contributed by atoms with E-state index in [1.165, 1.54) is 0 Å². The summed E-state index contributed by atoms with van der Waals surface area (Å²) in [6.07, 6.45) is 2.12. The van der Waals surface area contributed by atoms with Crippen LogP contribution < -0.4 is 0 Å². The maximum atomic E-state index is 12.3. The van der Waals surface area contributed by atoms with E-state index in [2.05, 4.69) is 0 Å². The van der Waals surface area contributed by atoms with Crippen molar-refractivity contribution in [3.05, 3.63) is 0 Å². The van der Waals surface area contributed by atoms with Gasteiger partial charge in [0.25, 0.3) is 0 Å². The summed E-state index contributed by atoms with van der Waals surface area (Å²) in [5.74, 6) is -1.01. The Morgan fingerprint density at radius 1 is 1.18 bits per heavy atom. The van der Waals surface area contributed by atoms with Crippen molar-refractivity contribution in [2.24, 2.45) is 0 Å². The first-order valence-electron chi connectivity index (χ1n) is 7.22. The van der Waals surface area contributed by atoms with E-state index in [1.807, 2.05) is 0 Å². The highest BCUT2D eigenvalue weighted by Crippen LogP contribution is 2.24. The maximum Gasteiger partial charge on any atom is 0.324 e. The normalized spacial score (nSPS) is 21.0. The van der Waals surface area contributed by atoms with Crippen LogP contribution in [0.3, 0.4) is 0 Å². The summed E-state index contributed by atoms with van der Waals surface area (Å²) in [6.45, 7) is 5.45. The minimum atomic E-state index is -3.66. The Bertz CT molecular complexity index is 603. The van der Waals surface area contributed by atoms with Gasteiger partial charge < -0.3 is 4.74 Å². The van der Waals surface area contributed by atoms with E-state index in [-0.39, 0.29) is 24.5 Å². The van der Waals surface area contributed by atoms with Crippen LogP contribution in [0.5, 0.6) is 0 Å². The number of sulfonamides is 1. The van der Waals surface area contributed by atoms with Gasteiger partial charge in [0.05, 0.1) is 11.5 Å². The monoisotopic (exact) mass is 355 g/mol. The van der Waals surface area contributed by atoms with Gasteiger partial charge in [-0.2, -0.15) is 4.31 Å². The van der Waals surface area contributed by atoms with Crippen LogP contribution in [-0.4, -0.2) is 63.1 Å². The van der Waals surface area contributed by atoms with Crippen molar-refractivity contribution in [2.75, 3.05) is 24.3 Å². The zero-order chi connectivity index (χ0) is 17.2. The molecule has 0 bridgehead atoms. The van der Waals surface area contributed by atoms with E-state index in [9.17, 15) is 21.6 Å². The van der Waals surface area contributed by atoms with Gasteiger partial charge in [0.2, 0.25) is 10.0 Å². The molecule has 1 aliphatic heterocycles. The summed E-state index contributed by atoms with van der Waals surface area (Å²) in [5, 5.41) is 0. The van der Waals surface area contributed by atoms with Gasteiger partial charge in [-0.1, -0.05) is 0 Å². The van der Waals surface area contributed by atoms with Crippen LogP contribution in [0.15, 0.2) is 0 Å². The molecule has 0 aromatic heterocycles. The van der Waals surface area contributed by atoms with E-state index in [0.717, 1.165) is 10.6 Å². The molecule has 1 atom stereocenters. The minimum Gasteiger partial charge on any atom is -0.459 e. The third-order valence-electron chi connectivity index (χ3n) is 3.16. The van der Waals surface area contributed by atoms with Gasteiger partial charge in [0.1, 0.15) is 21.5 Å². The lowest BCUT2D eigenvalue weighted by molar-refractivity contribution is -0.158. The molecule has 0 aromatic carbocycles. The van der Waals surface area contributed by atoms with Gasteiger partial charge in [0.15, 0.2) is 0 Å². The van der Waals surface area contributed by atoms with E-state index >= 15 is 0 Å². The number of ether oxygens (including phenoxy) is 1. The summed E-state index contributed by atoms with van der Waals surface area (Å²) in [7, 11) is -6.86. The quantitative estimate of drug-likeness (QED) is 0.646. The smallest absolute Gasteiger partial charge is 0.324 e. The number of hydrogen-bond donors (Lipinski definition) is 0. The van der Waals surface area contributed by atoms with E-state index in [0.29, 0.717) is 12.8 Å². The first-order valence-corrected chi connectivity index (χ1v) is 10.9. The van der Waals surface area contributed by atoms with Gasteiger partial charge >= 0.3 is 5.97 Å². The average molecular weight is 355 g/mol. The Kier molecular flexibility index (Phi) is 6.02. The number of sulfone groups is 1. The summed E-state index contributed by atoms with van der Waals surface area (Å²) in [6, 6.07) is -0.803. The molecule has 0 radical (unpaired) electrons. The molecule has 0 N–H and O–H groups in total. The standard InChI is InChI=1S/C13H25NO6S2/c1-13(2,3)20-12(15)11-7-5-8-14(11)22(18,19)10-6-9-21(4,16)17/h11H,5-10H2,1-4H3. The molecule has 1 fully saturated rings. The second kappa shape index (κ2) is 6.84. The number of carbonyl (C=O) groups is 1. The number of rotatable bonds is 6. The van der Waals surface area contributed by atoms with Gasteiger partial charge in [-0.05, 0) is 40.0 Å². The third kappa shape index (κ3) is 6.21. The molecule has 0 saturated carbocycles. The summed E-state index contributed by atoms with van der Waals surface area (Å²) in [5.41, 5.74) is -0.675. The highest BCUT2D eigenvalue weighted by molar-refractivity contribution is 7.91. The lowest BCUT2D eigenvalue weighted by Crippen LogP contribution is -2.44. The zero-order valence-electron chi connectivity index (χ0n) is 13.5. The lowest BCUT2D eigenvalue weighted by Gasteiger charge is -2.27. The van der Waals surface area contributed by atoms with Crippen molar-refractivity contribution >= 4 is 25.8 Å². The molecule has 1 heterocycles. The zero-order valence-corrected chi connectivity index (χ0v) is 15.2. The molecule has 9 heteroatoms. The first-order chi connectivity index (χ1) is 9.82. The van der Waals surface area contributed by atoms with Crippen LogP contribution in [0.1, 0.15) is 40.0 Å². The van der Waals surface area contributed by atoms with E-state index in [1.54, 1.807) is 20.8 Å². The van der Waals surface area contributed by atoms with Crippen LogP contribution in [0.25, 0.3) is 0 Å². The minimum absolute atomic E-state index is 0.0265. The predicted octanol–water partition coefficient (Wildman–Crippen LogP) is 0.557. The Morgan fingerprint density at radius 2 is 1.77 bits per heavy atom. The highest BCUT2D eigenvalue weighted by atomic mass is 32.2. The van der Waals surface area contributed by atoms with Crippen LogP contribution in [0.2, 0.25) is 0 Å². The number of nitrogens with zero attached hydrogens (tertiary/aromatic N) is 1. The van der Waals surface area contributed by atoms with Gasteiger partial charge in [-0.15, -0.1) is 0 Å². The second-order valence-electron chi connectivity index (χ2n) is 6.60. The fourth-order valence-electron chi connectivity index (χ4n) is 2.30. The van der Waals surface area contributed by atoms with Gasteiger partial charge in [0, 0.05) is 12.8 Å². The molecule has 130 valence electrons. The molecule has 0 aromatic rings. The molecule has 0 spiro atoms. The first kappa shape index (κ1) is 19.4. The average Bonchev–Trinajstić information content (AvgIpc) is 2.73. The molecule has 22 heavy (non-hydrogen) atoms. The van der Waals surface area contributed by atoms with E-state index < -0.39 is 37.5 Å². The fraction of sp³-hybridized carbons (Fsp3) is 0.923. The Hall–Kier alpha value is -0.670. The molecular weight excluding hydrogens is 330 g/mol. The number of carbonyl (C=O) groups excluding carboxylic acids is 1. The van der Waals surface area contributed by atoms with Crippen molar-refractivity contribution in [1.82, 2.24) is 4.31 Å². The molecule has 1 unspecified atom stereocenters. The lowest BCUT2D eigenvalue weighted by atomic mass is 10.2. The second-order valence-corrected chi connectivity index (χ2v) is 10.9. The van der Waals surface area contributed by atoms with E-state index in [4.69, 9.17) is 4.74 Å². The number of hydrogen-bond acceptors (Lipinski definition) is 6. The maximum absolute atomic E-state index is 12.3. The molecular formula is C13H25NO6S2. The topological polar surface area (TPSA) is 97.8 Å². The number of esters is 1. The third-order valence-corrected chi connectivity index (χ3v) is 6.14. The molecule has 1 rings (SSSR count). The molecule has 0 amide bonds. The van der Waals surface area contributed by atoms with Gasteiger partial charge in [-0.25, -0.2) is 16.8 Å². The molecule has 1 aliphatic rings. The van der Waals surface area contributed by atoms with Crippen LogP contribution in [-0.2, 0) is 29.4 Å². The largest absolute Gasteiger partial charge is 0.459 e. The summed E-state index contributed by atoms with van der Waals surface area (Å²) >= 11 is 0. The molecule has 0 aliphatic carbocycles.